The molecule has 1 saturated carbocycles. The van der Waals surface area contributed by atoms with E-state index in [1.54, 1.807) is 14.2 Å². The van der Waals surface area contributed by atoms with Gasteiger partial charge in [0.05, 0.1) is 18.3 Å². The fourth-order valence-electron chi connectivity index (χ4n) is 3.01. The first-order valence-electron chi connectivity index (χ1n) is 6.24. The van der Waals surface area contributed by atoms with Crippen molar-refractivity contribution in [3.8, 4) is 0 Å². The second-order valence-electron chi connectivity index (χ2n) is 4.92. The van der Waals surface area contributed by atoms with Crippen molar-refractivity contribution < 1.29 is 14.6 Å². The number of aliphatic hydroxyl groups excluding tert-OH is 1. The van der Waals surface area contributed by atoms with Crippen molar-refractivity contribution in [2.45, 2.75) is 50.0 Å². The van der Waals surface area contributed by atoms with Crippen molar-refractivity contribution >= 4 is 0 Å². The lowest BCUT2D eigenvalue weighted by Crippen LogP contribution is -2.44. The Morgan fingerprint density at radius 3 is 2.06 bits per heavy atom. The van der Waals surface area contributed by atoms with Gasteiger partial charge in [0.25, 0.3) is 0 Å². The summed E-state index contributed by atoms with van der Waals surface area (Å²) in [5, 5.41) is 10.0. The lowest BCUT2D eigenvalue weighted by Gasteiger charge is -2.35. The molecular formula is C12H23NO3. The van der Waals surface area contributed by atoms with Gasteiger partial charge in [-0.25, -0.2) is 0 Å². The standard InChI is InChI=1S/C12H23NO3/c1-15-11-7-13(8-12(11)16-2)9-5-3-4-6-10(9)14/h9-12,14H,3-8H2,1-2H3/t9-,10-,11?,12?/m0/s1. The molecule has 0 radical (unpaired) electrons. The highest BCUT2D eigenvalue weighted by Crippen LogP contribution is 2.27. The molecule has 0 amide bonds. The number of hydrogen-bond acceptors (Lipinski definition) is 4. The summed E-state index contributed by atoms with van der Waals surface area (Å²) in [5.74, 6) is 0. The van der Waals surface area contributed by atoms with E-state index in [1.807, 2.05) is 0 Å². The number of aliphatic hydroxyl groups is 1. The second-order valence-corrected chi connectivity index (χ2v) is 4.92. The van der Waals surface area contributed by atoms with Gasteiger partial charge in [-0.2, -0.15) is 0 Å². The Hall–Kier alpha value is -0.160. The Balaban J connectivity index is 1.95. The maximum absolute atomic E-state index is 10.0. The molecule has 4 heteroatoms. The first-order chi connectivity index (χ1) is 7.76. The maximum atomic E-state index is 10.0. The first-order valence-corrected chi connectivity index (χ1v) is 6.24. The van der Waals surface area contributed by atoms with Gasteiger partial charge in [-0.1, -0.05) is 12.8 Å². The monoisotopic (exact) mass is 229 g/mol. The molecule has 1 heterocycles. The summed E-state index contributed by atoms with van der Waals surface area (Å²) in [6.45, 7) is 1.77. The van der Waals surface area contributed by atoms with Gasteiger partial charge in [0, 0.05) is 33.4 Å². The molecule has 1 saturated heterocycles. The molecular weight excluding hydrogens is 206 g/mol. The van der Waals surface area contributed by atoms with Crippen LogP contribution >= 0.6 is 0 Å². The number of hydrogen-bond donors (Lipinski definition) is 1. The SMILES string of the molecule is COC1CN([C@H]2CCCC[C@@H]2O)CC1OC. The van der Waals surface area contributed by atoms with E-state index in [1.165, 1.54) is 6.42 Å². The molecule has 0 aromatic heterocycles. The molecule has 2 unspecified atom stereocenters. The molecule has 2 fully saturated rings. The third-order valence-electron chi connectivity index (χ3n) is 4.01. The Morgan fingerprint density at radius 1 is 1.00 bits per heavy atom. The van der Waals surface area contributed by atoms with Crippen molar-refractivity contribution in [2.75, 3.05) is 27.3 Å². The average molecular weight is 229 g/mol. The lowest BCUT2D eigenvalue weighted by atomic mass is 9.91. The van der Waals surface area contributed by atoms with E-state index < -0.39 is 0 Å². The van der Waals surface area contributed by atoms with Crippen LogP contribution < -0.4 is 0 Å². The molecule has 2 rings (SSSR count). The largest absolute Gasteiger partial charge is 0.391 e. The number of nitrogens with zero attached hydrogens (tertiary/aromatic N) is 1. The van der Waals surface area contributed by atoms with Gasteiger partial charge in [-0.3, -0.25) is 4.90 Å². The smallest absolute Gasteiger partial charge is 0.0971 e. The van der Waals surface area contributed by atoms with E-state index in [0.717, 1.165) is 32.4 Å². The Kier molecular flexibility index (Phi) is 4.19. The third-order valence-corrected chi connectivity index (χ3v) is 4.01. The molecule has 1 N–H and O–H groups in total. The van der Waals surface area contributed by atoms with Gasteiger partial charge >= 0.3 is 0 Å². The molecule has 1 aliphatic carbocycles. The van der Waals surface area contributed by atoms with Crippen LogP contribution in [0.4, 0.5) is 0 Å². The Labute approximate surface area is 97.5 Å². The topological polar surface area (TPSA) is 41.9 Å². The van der Waals surface area contributed by atoms with Gasteiger partial charge in [0.2, 0.25) is 0 Å². The summed E-state index contributed by atoms with van der Waals surface area (Å²) in [7, 11) is 3.47. The van der Waals surface area contributed by atoms with Crippen LogP contribution in [0, 0.1) is 0 Å². The highest BCUT2D eigenvalue weighted by Gasteiger charge is 2.39. The maximum Gasteiger partial charge on any atom is 0.0971 e. The van der Waals surface area contributed by atoms with Crippen LogP contribution in [0.25, 0.3) is 0 Å². The van der Waals surface area contributed by atoms with Crippen LogP contribution in [-0.2, 0) is 9.47 Å². The van der Waals surface area contributed by atoms with Gasteiger partial charge in [-0.05, 0) is 12.8 Å². The fourth-order valence-corrected chi connectivity index (χ4v) is 3.01. The minimum Gasteiger partial charge on any atom is -0.391 e. The zero-order valence-corrected chi connectivity index (χ0v) is 10.3. The normalized spacial score (nSPS) is 41.4. The highest BCUT2D eigenvalue weighted by atomic mass is 16.5. The fraction of sp³-hybridized carbons (Fsp3) is 1.00. The van der Waals surface area contributed by atoms with Crippen LogP contribution in [0.3, 0.4) is 0 Å². The van der Waals surface area contributed by atoms with Crippen molar-refractivity contribution in [3.63, 3.8) is 0 Å². The van der Waals surface area contributed by atoms with Gasteiger partial charge in [0.15, 0.2) is 0 Å². The van der Waals surface area contributed by atoms with Crippen LogP contribution in [0.5, 0.6) is 0 Å². The Bertz CT molecular complexity index is 212. The molecule has 0 bridgehead atoms. The molecule has 16 heavy (non-hydrogen) atoms. The zero-order valence-electron chi connectivity index (χ0n) is 10.3. The van der Waals surface area contributed by atoms with Crippen LogP contribution in [-0.4, -0.2) is 61.7 Å². The number of likely N-dealkylation sites (tertiary alicyclic amines) is 1. The van der Waals surface area contributed by atoms with E-state index >= 15 is 0 Å². The molecule has 0 aromatic rings. The zero-order chi connectivity index (χ0) is 11.5. The van der Waals surface area contributed by atoms with Crippen molar-refractivity contribution in [3.05, 3.63) is 0 Å². The van der Waals surface area contributed by atoms with Crippen LogP contribution in [0.1, 0.15) is 25.7 Å². The highest BCUT2D eigenvalue weighted by molar-refractivity contribution is 4.93. The van der Waals surface area contributed by atoms with Gasteiger partial charge in [0.1, 0.15) is 0 Å². The van der Waals surface area contributed by atoms with Crippen LogP contribution in [0.2, 0.25) is 0 Å². The van der Waals surface area contributed by atoms with Crippen molar-refractivity contribution in [1.29, 1.82) is 0 Å². The number of methoxy groups -OCH3 is 2. The van der Waals surface area contributed by atoms with Crippen LogP contribution in [0.15, 0.2) is 0 Å². The number of ether oxygens (including phenoxy) is 2. The average Bonchev–Trinajstić information content (AvgIpc) is 2.72. The summed E-state index contributed by atoms with van der Waals surface area (Å²) in [6.07, 6.45) is 4.57. The number of rotatable bonds is 3. The molecule has 2 aliphatic rings. The summed E-state index contributed by atoms with van der Waals surface area (Å²) < 4.78 is 10.8. The minimum absolute atomic E-state index is 0.152. The van der Waals surface area contributed by atoms with Crippen molar-refractivity contribution in [2.24, 2.45) is 0 Å². The predicted molar refractivity (Wildman–Crippen MR) is 61.4 cm³/mol. The molecule has 0 aromatic carbocycles. The predicted octanol–water partition coefficient (Wildman–Crippen LogP) is 0.635. The molecule has 94 valence electrons. The van der Waals surface area contributed by atoms with E-state index in [-0.39, 0.29) is 18.3 Å². The van der Waals surface area contributed by atoms with E-state index in [9.17, 15) is 5.11 Å². The summed E-state index contributed by atoms with van der Waals surface area (Å²) in [6, 6.07) is 0.312. The van der Waals surface area contributed by atoms with E-state index in [2.05, 4.69) is 4.90 Å². The molecule has 4 atom stereocenters. The van der Waals surface area contributed by atoms with Crippen molar-refractivity contribution in [1.82, 2.24) is 4.90 Å². The second kappa shape index (κ2) is 5.45. The van der Waals surface area contributed by atoms with Gasteiger partial charge < -0.3 is 14.6 Å². The summed E-state index contributed by atoms with van der Waals surface area (Å²) >= 11 is 0. The molecule has 4 nitrogen and oxygen atoms in total. The summed E-state index contributed by atoms with van der Waals surface area (Å²) in [4.78, 5) is 2.34. The Morgan fingerprint density at radius 2 is 1.56 bits per heavy atom. The molecule has 0 spiro atoms. The van der Waals surface area contributed by atoms with E-state index in [4.69, 9.17) is 9.47 Å². The molecule has 1 aliphatic heterocycles. The van der Waals surface area contributed by atoms with E-state index in [0.29, 0.717) is 6.04 Å². The third kappa shape index (κ3) is 2.40. The summed E-state index contributed by atoms with van der Waals surface area (Å²) in [5.41, 5.74) is 0. The quantitative estimate of drug-likeness (QED) is 0.771. The first kappa shape index (κ1) is 12.3. The minimum atomic E-state index is -0.165. The lowest BCUT2D eigenvalue weighted by molar-refractivity contribution is -0.00461. The van der Waals surface area contributed by atoms with Gasteiger partial charge in [-0.15, -0.1) is 0 Å².